The third kappa shape index (κ3) is 2.69. The second-order valence-corrected chi connectivity index (χ2v) is 6.72. The Hall–Kier alpha value is -2.70. The van der Waals surface area contributed by atoms with Gasteiger partial charge in [0.05, 0.1) is 18.1 Å². The molecule has 0 aromatic carbocycles. The minimum Gasteiger partial charge on any atom is -0.359 e. The monoisotopic (exact) mass is 338 g/mol. The van der Waals surface area contributed by atoms with Gasteiger partial charge in [0, 0.05) is 24.7 Å². The second-order valence-electron chi connectivity index (χ2n) is 6.72. The number of carbonyl (C=O) groups is 1. The first kappa shape index (κ1) is 15.8. The lowest BCUT2D eigenvalue weighted by Gasteiger charge is -2.29. The maximum Gasteiger partial charge on any atom is 0.227 e. The van der Waals surface area contributed by atoms with Gasteiger partial charge in [-0.2, -0.15) is 0 Å². The molecule has 1 aliphatic rings. The third-order valence-electron chi connectivity index (χ3n) is 5.25. The van der Waals surface area contributed by atoms with E-state index in [9.17, 15) is 4.79 Å². The molecule has 1 fully saturated rings. The SMILES string of the molecule is CNC(=O)Cc1nc2cnc3[nH]ccc3c2n1[C@H]1CC[C@H](C=N)CC1. The van der Waals surface area contributed by atoms with Crippen LogP contribution < -0.4 is 5.32 Å². The Morgan fingerprint density at radius 1 is 1.44 bits per heavy atom. The Labute approximate surface area is 145 Å². The number of hydrogen-bond acceptors (Lipinski definition) is 4. The lowest BCUT2D eigenvalue weighted by atomic mass is 9.86. The number of hydrogen-bond donors (Lipinski definition) is 3. The largest absolute Gasteiger partial charge is 0.359 e. The van der Waals surface area contributed by atoms with Crippen LogP contribution in [-0.4, -0.2) is 38.7 Å². The van der Waals surface area contributed by atoms with Crippen molar-refractivity contribution in [2.24, 2.45) is 5.92 Å². The first-order valence-electron chi connectivity index (χ1n) is 8.75. The van der Waals surface area contributed by atoms with Crippen LogP contribution in [-0.2, 0) is 11.2 Å². The number of rotatable bonds is 4. The fourth-order valence-electron chi connectivity index (χ4n) is 3.92. The van der Waals surface area contributed by atoms with Gasteiger partial charge in [0.2, 0.25) is 5.91 Å². The number of aromatic nitrogens is 4. The van der Waals surface area contributed by atoms with E-state index in [1.807, 2.05) is 12.3 Å². The van der Waals surface area contributed by atoms with Crippen LogP contribution in [0.4, 0.5) is 0 Å². The van der Waals surface area contributed by atoms with Crippen LogP contribution in [0.15, 0.2) is 18.5 Å². The number of aromatic amines is 1. The van der Waals surface area contributed by atoms with E-state index in [-0.39, 0.29) is 12.3 Å². The molecule has 0 spiro atoms. The number of H-pyrrole nitrogens is 1. The minimum absolute atomic E-state index is 0.0389. The second kappa shape index (κ2) is 6.31. The molecule has 0 bridgehead atoms. The molecule has 3 aromatic heterocycles. The highest BCUT2D eigenvalue weighted by Crippen LogP contribution is 2.36. The molecule has 3 heterocycles. The van der Waals surface area contributed by atoms with Crippen LogP contribution in [0.3, 0.4) is 0 Å². The molecule has 130 valence electrons. The molecule has 1 aliphatic carbocycles. The van der Waals surface area contributed by atoms with E-state index in [0.29, 0.717) is 12.0 Å². The molecule has 0 atom stereocenters. The fraction of sp³-hybridized carbons (Fsp3) is 0.444. The van der Waals surface area contributed by atoms with Gasteiger partial charge in [-0.3, -0.25) is 4.79 Å². The van der Waals surface area contributed by atoms with Crippen LogP contribution >= 0.6 is 0 Å². The molecule has 3 N–H and O–H groups in total. The summed E-state index contributed by atoms with van der Waals surface area (Å²) in [5.41, 5.74) is 2.73. The summed E-state index contributed by atoms with van der Waals surface area (Å²) in [6.07, 6.45) is 9.52. The molecule has 0 saturated heterocycles. The van der Waals surface area contributed by atoms with Crippen LogP contribution in [0, 0.1) is 11.3 Å². The zero-order valence-corrected chi connectivity index (χ0v) is 14.2. The smallest absolute Gasteiger partial charge is 0.227 e. The van der Waals surface area contributed by atoms with Gasteiger partial charge in [-0.15, -0.1) is 0 Å². The molecule has 7 nitrogen and oxygen atoms in total. The minimum atomic E-state index is -0.0389. The van der Waals surface area contributed by atoms with E-state index in [1.54, 1.807) is 19.5 Å². The zero-order valence-electron chi connectivity index (χ0n) is 14.2. The number of amides is 1. The number of imidazole rings is 1. The molecule has 1 amide bonds. The number of fused-ring (bicyclic) bond motifs is 3. The van der Waals surface area contributed by atoms with Crippen LogP contribution in [0.5, 0.6) is 0 Å². The predicted molar refractivity (Wildman–Crippen MR) is 96.9 cm³/mol. The number of pyridine rings is 1. The van der Waals surface area contributed by atoms with E-state index < -0.39 is 0 Å². The van der Waals surface area contributed by atoms with Gasteiger partial charge >= 0.3 is 0 Å². The molecule has 1 saturated carbocycles. The molecular formula is C18H22N6O. The van der Waals surface area contributed by atoms with Crippen molar-refractivity contribution in [3.63, 3.8) is 0 Å². The summed E-state index contributed by atoms with van der Waals surface area (Å²) < 4.78 is 2.25. The molecule has 0 unspecified atom stereocenters. The van der Waals surface area contributed by atoms with Crippen molar-refractivity contribution in [3.8, 4) is 0 Å². The van der Waals surface area contributed by atoms with E-state index in [4.69, 9.17) is 10.4 Å². The van der Waals surface area contributed by atoms with E-state index in [2.05, 4.69) is 19.9 Å². The van der Waals surface area contributed by atoms with Crippen molar-refractivity contribution >= 4 is 34.2 Å². The summed E-state index contributed by atoms with van der Waals surface area (Å²) in [7, 11) is 1.65. The summed E-state index contributed by atoms with van der Waals surface area (Å²) in [5.74, 6) is 1.13. The molecule has 0 radical (unpaired) electrons. The molecule has 25 heavy (non-hydrogen) atoms. The van der Waals surface area contributed by atoms with Crippen LogP contribution in [0.25, 0.3) is 22.1 Å². The first-order chi connectivity index (χ1) is 12.2. The molecule has 0 aliphatic heterocycles. The number of nitrogens with one attached hydrogen (secondary N) is 3. The van der Waals surface area contributed by atoms with Crippen molar-refractivity contribution in [2.45, 2.75) is 38.1 Å². The van der Waals surface area contributed by atoms with Crippen molar-refractivity contribution in [2.75, 3.05) is 7.05 Å². The van der Waals surface area contributed by atoms with Gasteiger partial charge in [-0.05, 0) is 43.9 Å². The quantitative estimate of drug-likeness (QED) is 0.637. The first-order valence-corrected chi connectivity index (χ1v) is 8.75. The van der Waals surface area contributed by atoms with Gasteiger partial charge in [0.1, 0.15) is 17.0 Å². The van der Waals surface area contributed by atoms with Crippen molar-refractivity contribution in [3.05, 3.63) is 24.3 Å². The topological polar surface area (TPSA) is 99.4 Å². The van der Waals surface area contributed by atoms with Gasteiger partial charge < -0.3 is 20.3 Å². The number of likely N-dealkylation sites (N-methyl/N-ethyl adjacent to an activating group) is 1. The third-order valence-corrected chi connectivity index (χ3v) is 5.25. The maximum absolute atomic E-state index is 12.0. The van der Waals surface area contributed by atoms with E-state index in [0.717, 1.165) is 53.6 Å². The van der Waals surface area contributed by atoms with Crippen molar-refractivity contribution < 1.29 is 4.79 Å². The summed E-state index contributed by atoms with van der Waals surface area (Å²) >= 11 is 0. The lowest BCUT2D eigenvalue weighted by molar-refractivity contribution is -0.120. The lowest BCUT2D eigenvalue weighted by Crippen LogP contribution is -2.25. The predicted octanol–water partition coefficient (Wildman–Crippen LogP) is 2.58. The summed E-state index contributed by atoms with van der Waals surface area (Å²) in [5, 5.41) is 11.2. The molecule has 4 rings (SSSR count). The highest BCUT2D eigenvalue weighted by molar-refractivity contribution is 6.01. The average molecular weight is 338 g/mol. The Balaban J connectivity index is 1.85. The van der Waals surface area contributed by atoms with Gasteiger partial charge in [0.25, 0.3) is 0 Å². The number of nitrogens with zero attached hydrogens (tertiary/aromatic N) is 3. The highest BCUT2D eigenvalue weighted by atomic mass is 16.1. The molecule has 7 heteroatoms. The normalized spacial score (nSPS) is 20.8. The number of carbonyl (C=O) groups excluding carboxylic acids is 1. The Bertz CT molecular complexity index is 932. The molecular weight excluding hydrogens is 316 g/mol. The maximum atomic E-state index is 12.0. The van der Waals surface area contributed by atoms with Crippen molar-refractivity contribution in [1.29, 1.82) is 5.41 Å². The van der Waals surface area contributed by atoms with Gasteiger partial charge in [-0.1, -0.05) is 0 Å². The highest BCUT2D eigenvalue weighted by Gasteiger charge is 2.26. The van der Waals surface area contributed by atoms with Crippen LogP contribution in [0.2, 0.25) is 0 Å². The zero-order chi connectivity index (χ0) is 17.4. The van der Waals surface area contributed by atoms with Gasteiger partial charge in [0.15, 0.2) is 0 Å². The molecule has 3 aromatic rings. The Morgan fingerprint density at radius 2 is 2.24 bits per heavy atom. The fourth-order valence-corrected chi connectivity index (χ4v) is 3.92. The standard InChI is InChI=1S/C18H22N6O/c1-20-16(25)8-15-23-14-10-22-18-13(6-7-21-18)17(14)24(15)12-4-2-11(9-19)3-5-12/h6-7,9-12,19H,2-5,8H2,1H3,(H,20,25)(H,21,22)/t11-,12-. The Morgan fingerprint density at radius 3 is 2.96 bits per heavy atom. The van der Waals surface area contributed by atoms with E-state index in [1.165, 1.54) is 0 Å². The van der Waals surface area contributed by atoms with Crippen LogP contribution in [0.1, 0.15) is 37.5 Å². The van der Waals surface area contributed by atoms with Crippen molar-refractivity contribution in [1.82, 2.24) is 24.8 Å². The average Bonchev–Trinajstić information content (AvgIpc) is 3.25. The van der Waals surface area contributed by atoms with E-state index >= 15 is 0 Å². The van der Waals surface area contributed by atoms with Gasteiger partial charge in [-0.25, -0.2) is 9.97 Å². The summed E-state index contributed by atoms with van der Waals surface area (Å²) in [6.45, 7) is 0. The summed E-state index contributed by atoms with van der Waals surface area (Å²) in [6, 6.07) is 2.33. The summed E-state index contributed by atoms with van der Waals surface area (Å²) in [4.78, 5) is 24.3. The Kier molecular flexibility index (Phi) is 3.99.